The van der Waals surface area contributed by atoms with Crippen molar-refractivity contribution in [3.8, 4) is 0 Å². The highest BCUT2D eigenvalue weighted by Gasteiger charge is 2.23. The lowest BCUT2D eigenvalue weighted by Gasteiger charge is -2.29. The molecule has 0 aliphatic heterocycles. The van der Waals surface area contributed by atoms with E-state index in [1.807, 2.05) is 0 Å². The first-order chi connectivity index (χ1) is 6.87. The van der Waals surface area contributed by atoms with Crippen LogP contribution in [0.25, 0.3) is 0 Å². The SMILES string of the molecule is CC(C)CC1CCC(NS(C)(=O)=O)CC1. The van der Waals surface area contributed by atoms with Crippen LogP contribution in [0.5, 0.6) is 0 Å². The number of sulfonamides is 1. The number of hydrogen-bond donors (Lipinski definition) is 1. The van der Waals surface area contributed by atoms with Gasteiger partial charge in [0, 0.05) is 6.04 Å². The van der Waals surface area contributed by atoms with Crippen LogP contribution >= 0.6 is 0 Å². The van der Waals surface area contributed by atoms with Crippen LogP contribution in [0, 0.1) is 11.8 Å². The van der Waals surface area contributed by atoms with Crippen LogP contribution in [0.15, 0.2) is 0 Å². The minimum atomic E-state index is -3.01. The largest absolute Gasteiger partial charge is 0.213 e. The Morgan fingerprint density at radius 3 is 2.13 bits per heavy atom. The summed E-state index contributed by atoms with van der Waals surface area (Å²) in [5, 5.41) is 0. The highest BCUT2D eigenvalue weighted by molar-refractivity contribution is 7.88. The minimum Gasteiger partial charge on any atom is -0.213 e. The molecule has 0 atom stereocenters. The van der Waals surface area contributed by atoms with Crippen LogP contribution in [0.4, 0.5) is 0 Å². The van der Waals surface area contributed by atoms with Crippen molar-refractivity contribution in [1.82, 2.24) is 4.72 Å². The summed E-state index contributed by atoms with van der Waals surface area (Å²) in [6.45, 7) is 4.50. The summed E-state index contributed by atoms with van der Waals surface area (Å²) in [5.41, 5.74) is 0. The Kier molecular flexibility index (Phi) is 4.59. The Morgan fingerprint density at radius 1 is 1.20 bits per heavy atom. The van der Waals surface area contributed by atoms with E-state index in [0.717, 1.165) is 24.7 Å². The summed E-state index contributed by atoms with van der Waals surface area (Å²) in [5.74, 6) is 1.57. The van der Waals surface area contributed by atoms with Crippen molar-refractivity contribution < 1.29 is 8.42 Å². The Labute approximate surface area is 93.7 Å². The molecular formula is C11H23NO2S. The molecule has 1 N–H and O–H groups in total. The van der Waals surface area contributed by atoms with Gasteiger partial charge in [-0.25, -0.2) is 13.1 Å². The van der Waals surface area contributed by atoms with Gasteiger partial charge in [0.15, 0.2) is 0 Å². The molecule has 0 spiro atoms. The molecule has 0 heterocycles. The molecule has 3 nitrogen and oxygen atoms in total. The summed E-state index contributed by atoms with van der Waals surface area (Å²) in [4.78, 5) is 0. The third-order valence-electron chi connectivity index (χ3n) is 3.03. The zero-order valence-corrected chi connectivity index (χ0v) is 10.8. The Morgan fingerprint density at radius 2 is 1.73 bits per heavy atom. The summed E-state index contributed by atoms with van der Waals surface area (Å²) in [6.07, 6.45) is 6.88. The fourth-order valence-corrected chi connectivity index (χ4v) is 3.33. The molecule has 0 aromatic heterocycles. The van der Waals surface area contributed by atoms with Crippen molar-refractivity contribution in [3.05, 3.63) is 0 Å². The number of nitrogens with one attached hydrogen (secondary N) is 1. The van der Waals surface area contributed by atoms with E-state index in [9.17, 15) is 8.42 Å². The first-order valence-corrected chi connectivity index (χ1v) is 7.73. The third kappa shape index (κ3) is 5.52. The lowest BCUT2D eigenvalue weighted by atomic mass is 9.82. The first kappa shape index (κ1) is 13.0. The standard InChI is InChI=1S/C11H23NO2S/c1-9(2)8-10-4-6-11(7-5-10)12-15(3,13)14/h9-12H,4-8H2,1-3H3. The van der Waals surface area contributed by atoms with Crippen LogP contribution in [0.3, 0.4) is 0 Å². The molecule has 1 saturated carbocycles. The summed E-state index contributed by atoms with van der Waals surface area (Å²) >= 11 is 0. The van der Waals surface area contributed by atoms with E-state index < -0.39 is 10.0 Å². The molecule has 4 heteroatoms. The van der Waals surface area contributed by atoms with Crippen molar-refractivity contribution in [2.45, 2.75) is 52.0 Å². The summed E-state index contributed by atoms with van der Waals surface area (Å²) in [6, 6.07) is 0.184. The van der Waals surface area contributed by atoms with Gasteiger partial charge in [0.1, 0.15) is 0 Å². The van der Waals surface area contributed by atoms with E-state index in [-0.39, 0.29) is 6.04 Å². The van der Waals surface area contributed by atoms with E-state index in [2.05, 4.69) is 18.6 Å². The molecule has 0 amide bonds. The highest BCUT2D eigenvalue weighted by Crippen LogP contribution is 2.29. The predicted molar refractivity (Wildman–Crippen MR) is 63.2 cm³/mol. The molecular weight excluding hydrogens is 210 g/mol. The van der Waals surface area contributed by atoms with Crippen LogP contribution in [0.2, 0.25) is 0 Å². The smallest absolute Gasteiger partial charge is 0.208 e. The first-order valence-electron chi connectivity index (χ1n) is 5.84. The third-order valence-corrected chi connectivity index (χ3v) is 3.79. The predicted octanol–water partition coefficient (Wildman–Crippen LogP) is 2.14. The van der Waals surface area contributed by atoms with Gasteiger partial charge in [0.2, 0.25) is 10.0 Å². The minimum absolute atomic E-state index is 0.184. The zero-order chi connectivity index (χ0) is 11.5. The Balaban J connectivity index is 2.30. The van der Waals surface area contributed by atoms with Gasteiger partial charge in [0.05, 0.1) is 6.26 Å². The molecule has 0 aromatic rings. The van der Waals surface area contributed by atoms with Crippen molar-refractivity contribution in [1.29, 1.82) is 0 Å². The topological polar surface area (TPSA) is 46.2 Å². The van der Waals surface area contributed by atoms with E-state index in [4.69, 9.17) is 0 Å². The summed E-state index contributed by atoms with van der Waals surface area (Å²) in [7, 11) is -3.01. The average molecular weight is 233 g/mol. The van der Waals surface area contributed by atoms with Crippen LogP contribution in [-0.2, 0) is 10.0 Å². The van der Waals surface area contributed by atoms with Gasteiger partial charge >= 0.3 is 0 Å². The molecule has 0 radical (unpaired) electrons. The lowest BCUT2D eigenvalue weighted by molar-refractivity contribution is 0.274. The summed E-state index contributed by atoms with van der Waals surface area (Å²) < 4.78 is 24.8. The van der Waals surface area contributed by atoms with Crippen LogP contribution in [0.1, 0.15) is 46.0 Å². The maximum absolute atomic E-state index is 11.0. The molecule has 1 aliphatic rings. The molecule has 1 rings (SSSR count). The van der Waals surface area contributed by atoms with E-state index in [0.29, 0.717) is 0 Å². The van der Waals surface area contributed by atoms with Gasteiger partial charge in [-0.3, -0.25) is 0 Å². The average Bonchev–Trinajstić information content (AvgIpc) is 2.05. The van der Waals surface area contributed by atoms with Gasteiger partial charge in [0.25, 0.3) is 0 Å². The second kappa shape index (κ2) is 5.30. The highest BCUT2D eigenvalue weighted by atomic mass is 32.2. The maximum atomic E-state index is 11.0. The zero-order valence-electron chi connectivity index (χ0n) is 9.99. The fourth-order valence-electron chi connectivity index (χ4n) is 2.49. The number of hydrogen-bond acceptors (Lipinski definition) is 2. The molecule has 0 unspecified atom stereocenters. The molecule has 90 valence electrons. The quantitative estimate of drug-likeness (QED) is 0.808. The van der Waals surface area contributed by atoms with Gasteiger partial charge in [-0.2, -0.15) is 0 Å². The van der Waals surface area contributed by atoms with Gasteiger partial charge in [-0.15, -0.1) is 0 Å². The van der Waals surface area contributed by atoms with E-state index in [1.54, 1.807) is 0 Å². The van der Waals surface area contributed by atoms with Crippen molar-refractivity contribution in [3.63, 3.8) is 0 Å². The van der Waals surface area contributed by atoms with Gasteiger partial charge in [-0.1, -0.05) is 13.8 Å². The van der Waals surface area contributed by atoms with Crippen molar-refractivity contribution in [2.75, 3.05) is 6.26 Å². The molecule has 1 aliphatic carbocycles. The molecule has 15 heavy (non-hydrogen) atoms. The lowest BCUT2D eigenvalue weighted by Crippen LogP contribution is -2.37. The van der Waals surface area contributed by atoms with E-state index in [1.165, 1.54) is 25.5 Å². The van der Waals surface area contributed by atoms with Crippen LogP contribution in [-0.4, -0.2) is 20.7 Å². The van der Waals surface area contributed by atoms with Crippen molar-refractivity contribution >= 4 is 10.0 Å². The molecule has 0 bridgehead atoms. The second-order valence-corrected chi connectivity index (χ2v) is 7.02. The number of rotatable bonds is 4. The molecule has 0 saturated heterocycles. The molecule has 0 aromatic carbocycles. The van der Waals surface area contributed by atoms with Gasteiger partial charge in [-0.05, 0) is 43.9 Å². The Bertz CT molecular complexity index is 277. The normalized spacial score (nSPS) is 28.3. The second-order valence-electron chi connectivity index (χ2n) is 5.24. The van der Waals surface area contributed by atoms with E-state index >= 15 is 0 Å². The Hall–Kier alpha value is -0.0900. The van der Waals surface area contributed by atoms with Crippen molar-refractivity contribution in [2.24, 2.45) is 11.8 Å². The molecule has 1 fully saturated rings. The van der Waals surface area contributed by atoms with Gasteiger partial charge < -0.3 is 0 Å². The maximum Gasteiger partial charge on any atom is 0.208 e. The monoisotopic (exact) mass is 233 g/mol. The fraction of sp³-hybridized carbons (Fsp3) is 1.00. The van der Waals surface area contributed by atoms with Crippen LogP contribution < -0.4 is 4.72 Å².